The Labute approximate surface area is 176 Å². The lowest BCUT2D eigenvalue weighted by atomic mass is 10.2. The molecule has 0 spiro atoms. The molecule has 0 aliphatic heterocycles. The highest BCUT2D eigenvalue weighted by atomic mass is 32.2. The number of rotatable bonds is 8. The van der Waals surface area contributed by atoms with Gasteiger partial charge in [0.25, 0.3) is 5.91 Å². The fourth-order valence-corrected chi connectivity index (χ4v) is 4.13. The Hall–Kier alpha value is -3.20. The quantitative estimate of drug-likeness (QED) is 0.547. The smallest absolute Gasteiger partial charge is 0.254 e. The van der Waals surface area contributed by atoms with Gasteiger partial charge in [-0.1, -0.05) is 35.5 Å². The topological polar surface area (TPSA) is 96.6 Å². The molecule has 0 N–H and O–H groups in total. The highest BCUT2D eigenvalue weighted by molar-refractivity contribution is 7.92. The van der Waals surface area contributed by atoms with Crippen molar-refractivity contribution in [2.24, 2.45) is 0 Å². The number of amides is 1. The summed E-state index contributed by atoms with van der Waals surface area (Å²) >= 11 is 0. The van der Waals surface area contributed by atoms with Crippen molar-refractivity contribution in [2.45, 2.75) is 20.4 Å². The van der Waals surface area contributed by atoms with Crippen molar-refractivity contribution < 1.29 is 17.7 Å². The lowest BCUT2D eigenvalue weighted by Crippen LogP contribution is -2.32. The number of carbonyl (C=O) groups excluding carboxylic acids is 1. The van der Waals surface area contributed by atoms with Crippen LogP contribution in [0.5, 0.6) is 0 Å². The predicted molar refractivity (Wildman–Crippen MR) is 114 cm³/mol. The molecule has 1 aromatic heterocycles. The molecule has 30 heavy (non-hydrogen) atoms. The van der Waals surface area contributed by atoms with E-state index in [9.17, 15) is 13.2 Å². The summed E-state index contributed by atoms with van der Waals surface area (Å²) in [5, 5.41) is 3.96. The van der Waals surface area contributed by atoms with E-state index in [1.165, 1.54) is 9.21 Å². The molecule has 158 valence electrons. The fourth-order valence-electron chi connectivity index (χ4n) is 2.98. The molecule has 1 amide bonds. The monoisotopic (exact) mass is 428 g/mol. The average molecular weight is 429 g/mol. The molecule has 0 bridgehead atoms. The summed E-state index contributed by atoms with van der Waals surface area (Å²) in [5.74, 6) is 0.571. The van der Waals surface area contributed by atoms with Gasteiger partial charge in [-0.15, -0.1) is 0 Å². The summed E-state index contributed by atoms with van der Waals surface area (Å²) in [4.78, 5) is 18.5. The molecule has 0 aliphatic rings. The molecule has 0 atom stereocenters. The number of sulfonamides is 1. The summed E-state index contributed by atoms with van der Waals surface area (Å²) in [6.45, 7) is 3.86. The number of aromatic nitrogens is 2. The lowest BCUT2D eigenvalue weighted by molar-refractivity contribution is 0.0769. The lowest BCUT2D eigenvalue weighted by Gasteiger charge is -2.22. The van der Waals surface area contributed by atoms with Crippen LogP contribution in [-0.2, 0) is 16.6 Å². The van der Waals surface area contributed by atoms with Crippen LogP contribution in [0.2, 0.25) is 0 Å². The third-order valence-electron chi connectivity index (χ3n) is 4.61. The van der Waals surface area contributed by atoms with Gasteiger partial charge in [0, 0.05) is 24.7 Å². The van der Waals surface area contributed by atoms with Gasteiger partial charge in [-0.3, -0.25) is 9.10 Å². The third kappa shape index (κ3) is 4.68. The van der Waals surface area contributed by atoms with Crippen molar-refractivity contribution in [3.8, 4) is 11.4 Å². The van der Waals surface area contributed by atoms with Crippen molar-refractivity contribution in [2.75, 3.05) is 23.7 Å². The van der Waals surface area contributed by atoms with Gasteiger partial charge < -0.3 is 9.42 Å². The average Bonchev–Trinajstić information content (AvgIpc) is 3.23. The largest absolute Gasteiger partial charge is 0.337 e. The van der Waals surface area contributed by atoms with Gasteiger partial charge in [0.2, 0.25) is 21.7 Å². The number of carbonyl (C=O) groups is 1. The van der Waals surface area contributed by atoms with E-state index in [2.05, 4.69) is 10.1 Å². The molecule has 9 heteroatoms. The predicted octanol–water partition coefficient (Wildman–Crippen LogP) is 3.18. The Morgan fingerprint density at radius 2 is 1.70 bits per heavy atom. The zero-order chi connectivity index (χ0) is 21.7. The van der Waals surface area contributed by atoms with Crippen molar-refractivity contribution in [1.82, 2.24) is 15.0 Å². The van der Waals surface area contributed by atoms with E-state index in [1.807, 2.05) is 30.3 Å². The van der Waals surface area contributed by atoms with Crippen LogP contribution in [0.4, 0.5) is 5.69 Å². The van der Waals surface area contributed by atoms with Crippen LogP contribution in [0.15, 0.2) is 59.1 Å². The molecule has 0 saturated carbocycles. The number of benzene rings is 2. The summed E-state index contributed by atoms with van der Waals surface area (Å²) in [6.07, 6.45) is 0. The van der Waals surface area contributed by atoms with Crippen LogP contribution in [0.25, 0.3) is 11.4 Å². The van der Waals surface area contributed by atoms with Gasteiger partial charge in [0.15, 0.2) is 0 Å². The fraction of sp³-hybridized carbons (Fsp3) is 0.286. The minimum atomic E-state index is -3.36. The Morgan fingerprint density at radius 3 is 2.30 bits per heavy atom. The molecular formula is C21H24N4O4S. The van der Waals surface area contributed by atoms with Gasteiger partial charge >= 0.3 is 0 Å². The van der Waals surface area contributed by atoms with Gasteiger partial charge in [-0.25, -0.2) is 8.42 Å². The second kappa shape index (κ2) is 9.08. The van der Waals surface area contributed by atoms with Gasteiger partial charge in [-0.05, 0) is 38.1 Å². The molecule has 1 heterocycles. The van der Waals surface area contributed by atoms with Crippen LogP contribution in [0.1, 0.15) is 30.1 Å². The van der Waals surface area contributed by atoms with E-state index in [1.54, 1.807) is 45.2 Å². The van der Waals surface area contributed by atoms with Gasteiger partial charge in [0.05, 0.1) is 18.0 Å². The van der Waals surface area contributed by atoms with Gasteiger partial charge in [-0.2, -0.15) is 4.98 Å². The van der Waals surface area contributed by atoms with E-state index in [0.29, 0.717) is 29.5 Å². The minimum absolute atomic E-state index is 0.0133. The summed E-state index contributed by atoms with van der Waals surface area (Å²) < 4.78 is 31.0. The maximum atomic E-state index is 12.7. The Morgan fingerprint density at radius 1 is 1.03 bits per heavy atom. The molecule has 0 saturated heterocycles. The Kier molecular flexibility index (Phi) is 6.51. The summed E-state index contributed by atoms with van der Waals surface area (Å²) in [5.41, 5.74) is 1.80. The maximum Gasteiger partial charge on any atom is 0.254 e. The first-order valence-corrected chi connectivity index (χ1v) is 11.2. The molecule has 2 aromatic carbocycles. The van der Waals surface area contributed by atoms with Crippen LogP contribution in [0.3, 0.4) is 0 Å². The number of hydrogen-bond donors (Lipinski definition) is 0. The third-order valence-corrected chi connectivity index (χ3v) is 6.48. The highest BCUT2D eigenvalue weighted by Gasteiger charge is 2.20. The van der Waals surface area contributed by atoms with Crippen molar-refractivity contribution >= 4 is 21.6 Å². The van der Waals surface area contributed by atoms with E-state index in [4.69, 9.17) is 4.52 Å². The molecular weight excluding hydrogens is 404 g/mol. The first-order chi connectivity index (χ1) is 14.4. The number of hydrogen-bond acceptors (Lipinski definition) is 6. The molecule has 0 fully saturated rings. The zero-order valence-electron chi connectivity index (χ0n) is 17.1. The van der Waals surface area contributed by atoms with Gasteiger partial charge in [0.1, 0.15) is 0 Å². The SMILES string of the molecule is CCN(c1ccc(C(=O)N(C)Cc2nc(-c3ccccc3)no2)cc1)S(=O)(=O)CC. The van der Waals surface area contributed by atoms with E-state index in [-0.39, 0.29) is 18.2 Å². The summed E-state index contributed by atoms with van der Waals surface area (Å²) in [7, 11) is -1.72. The van der Waals surface area contributed by atoms with Crippen LogP contribution in [0, 0.1) is 0 Å². The second-order valence-electron chi connectivity index (χ2n) is 6.65. The van der Waals surface area contributed by atoms with Crippen LogP contribution >= 0.6 is 0 Å². The van der Waals surface area contributed by atoms with Crippen molar-refractivity contribution in [1.29, 1.82) is 0 Å². The Bertz CT molecular complexity index is 1100. The second-order valence-corrected chi connectivity index (χ2v) is 8.83. The molecule has 3 rings (SSSR count). The molecule has 0 aliphatic carbocycles. The first-order valence-electron chi connectivity index (χ1n) is 9.59. The Balaban J connectivity index is 1.70. The standard InChI is InChI=1S/C21H24N4O4S/c1-4-25(30(27,28)5-2)18-13-11-17(12-14-18)21(26)24(3)15-19-22-20(23-29-19)16-9-7-6-8-10-16/h6-14H,4-5,15H2,1-3H3. The minimum Gasteiger partial charge on any atom is -0.337 e. The van der Waals surface area contributed by atoms with E-state index < -0.39 is 10.0 Å². The summed E-state index contributed by atoms with van der Waals surface area (Å²) in [6, 6.07) is 15.9. The van der Waals surface area contributed by atoms with E-state index >= 15 is 0 Å². The molecule has 0 radical (unpaired) electrons. The molecule has 3 aromatic rings. The van der Waals surface area contributed by atoms with Crippen molar-refractivity contribution in [3.05, 3.63) is 66.1 Å². The number of nitrogens with zero attached hydrogens (tertiary/aromatic N) is 4. The zero-order valence-corrected chi connectivity index (χ0v) is 18.0. The first kappa shape index (κ1) is 21.5. The molecule has 0 unspecified atom stereocenters. The van der Waals surface area contributed by atoms with Crippen molar-refractivity contribution in [3.63, 3.8) is 0 Å². The highest BCUT2D eigenvalue weighted by Crippen LogP contribution is 2.20. The number of anilines is 1. The normalized spacial score (nSPS) is 11.3. The molecule has 8 nitrogen and oxygen atoms in total. The maximum absolute atomic E-state index is 12.7. The van der Waals surface area contributed by atoms with E-state index in [0.717, 1.165) is 5.56 Å². The van der Waals surface area contributed by atoms with Crippen LogP contribution in [-0.4, -0.2) is 48.7 Å². The van der Waals surface area contributed by atoms with Crippen LogP contribution < -0.4 is 4.31 Å².